The van der Waals surface area contributed by atoms with Crippen LogP contribution in [0, 0.1) is 5.92 Å². The first-order valence-corrected chi connectivity index (χ1v) is 6.96. The van der Waals surface area contributed by atoms with E-state index in [0.717, 1.165) is 12.8 Å². The van der Waals surface area contributed by atoms with E-state index >= 15 is 0 Å². The van der Waals surface area contributed by atoms with E-state index < -0.39 is 10.0 Å². The Balaban J connectivity index is 1.71. The lowest BCUT2D eigenvalue weighted by atomic mass is 10.4. The highest BCUT2D eigenvalue weighted by molar-refractivity contribution is 7.89. The van der Waals surface area contributed by atoms with E-state index in [9.17, 15) is 13.2 Å². The maximum atomic E-state index is 11.4. The zero-order chi connectivity index (χ0) is 10.9. The Morgan fingerprint density at radius 1 is 1.40 bits per heavy atom. The number of sulfonamides is 1. The molecule has 0 bridgehead atoms. The maximum absolute atomic E-state index is 11.4. The molecule has 0 spiro atoms. The van der Waals surface area contributed by atoms with Crippen LogP contribution in [0.5, 0.6) is 0 Å². The van der Waals surface area contributed by atoms with Crippen molar-refractivity contribution >= 4 is 15.9 Å². The molecule has 1 aliphatic heterocycles. The normalized spacial score (nSPS) is 25.3. The van der Waals surface area contributed by atoms with Gasteiger partial charge in [0.05, 0.1) is 5.75 Å². The number of hydrogen-bond acceptors (Lipinski definition) is 3. The highest BCUT2D eigenvalue weighted by Gasteiger charge is 2.30. The lowest BCUT2D eigenvalue weighted by Crippen LogP contribution is -2.36. The zero-order valence-corrected chi connectivity index (χ0v) is 9.42. The molecule has 0 radical (unpaired) electrons. The molecular formula is C9H16N2O3S. The summed E-state index contributed by atoms with van der Waals surface area (Å²) in [6.07, 6.45) is 2.67. The van der Waals surface area contributed by atoms with Gasteiger partial charge in [-0.3, -0.25) is 4.79 Å². The largest absolute Gasteiger partial charge is 0.355 e. The Labute approximate surface area is 89.9 Å². The average Bonchev–Trinajstić information content (AvgIpc) is 2.94. The summed E-state index contributed by atoms with van der Waals surface area (Å²) in [5, 5.41) is 2.76. The SMILES string of the molecule is O=C(NCCN1CCCS1(=O)=O)C1CC1. The minimum atomic E-state index is -3.01. The van der Waals surface area contributed by atoms with Gasteiger partial charge in [0.2, 0.25) is 15.9 Å². The summed E-state index contributed by atoms with van der Waals surface area (Å²) in [7, 11) is -3.01. The third-order valence-electron chi connectivity index (χ3n) is 2.81. The number of amides is 1. The quantitative estimate of drug-likeness (QED) is 0.714. The smallest absolute Gasteiger partial charge is 0.223 e. The van der Waals surface area contributed by atoms with Crippen molar-refractivity contribution in [3.63, 3.8) is 0 Å². The summed E-state index contributed by atoms with van der Waals surface area (Å²) in [4.78, 5) is 11.3. The van der Waals surface area contributed by atoms with Gasteiger partial charge in [0, 0.05) is 25.6 Å². The first kappa shape index (κ1) is 10.9. The second-order valence-corrected chi connectivity index (χ2v) is 6.22. The molecule has 2 rings (SSSR count). The molecule has 2 aliphatic rings. The molecule has 5 nitrogen and oxygen atoms in total. The van der Waals surface area contributed by atoms with E-state index in [0.29, 0.717) is 26.1 Å². The number of nitrogens with one attached hydrogen (secondary N) is 1. The van der Waals surface area contributed by atoms with E-state index in [4.69, 9.17) is 0 Å². The molecular weight excluding hydrogens is 216 g/mol. The van der Waals surface area contributed by atoms with Crippen molar-refractivity contribution in [1.82, 2.24) is 9.62 Å². The molecule has 15 heavy (non-hydrogen) atoms. The monoisotopic (exact) mass is 232 g/mol. The van der Waals surface area contributed by atoms with Gasteiger partial charge >= 0.3 is 0 Å². The second-order valence-electron chi connectivity index (χ2n) is 4.13. The van der Waals surface area contributed by atoms with Crippen molar-refractivity contribution in [3.05, 3.63) is 0 Å². The molecule has 0 aromatic heterocycles. The van der Waals surface area contributed by atoms with Crippen molar-refractivity contribution in [2.75, 3.05) is 25.4 Å². The fraction of sp³-hybridized carbons (Fsp3) is 0.889. The summed E-state index contributed by atoms with van der Waals surface area (Å²) in [6, 6.07) is 0. The Hall–Kier alpha value is -0.620. The van der Waals surface area contributed by atoms with Crippen LogP contribution in [0.1, 0.15) is 19.3 Å². The Bertz CT molecular complexity index is 348. The fourth-order valence-corrected chi connectivity index (χ4v) is 3.26. The summed E-state index contributed by atoms with van der Waals surface area (Å²) in [5.41, 5.74) is 0. The zero-order valence-electron chi connectivity index (χ0n) is 8.61. The minimum absolute atomic E-state index is 0.0756. The summed E-state index contributed by atoms with van der Waals surface area (Å²) in [5.74, 6) is 0.524. The standard InChI is InChI=1S/C9H16N2O3S/c12-9(8-2-3-8)10-4-6-11-5-1-7-15(11,13)14/h8H,1-7H2,(H,10,12). The van der Waals surface area contributed by atoms with Gasteiger partial charge in [0.15, 0.2) is 0 Å². The topological polar surface area (TPSA) is 66.5 Å². The predicted molar refractivity (Wildman–Crippen MR) is 55.7 cm³/mol. The van der Waals surface area contributed by atoms with Crippen LogP contribution < -0.4 is 5.32 Å². The van der Waals surface area contributed by atoms with Crippen LogP contribution in [0.2, 0.25) is 0 Å². The van der Waals surface area contributed by atoms with Crippen LogP contribution in [0.15, 0.2) is 0 Å². The van der Waals surface area contributed by atoms with E-state index in [-0.39, 0.29) is 17.6 Å². The van der Waals surface area contributed by atoms with Crippen LogP contribution in [-0.2, 0) is 14.8 Å². The highest BCUT2D eigenvalue weighted by atomic mass is 32.2. The van der Waals surface area contributed by atoms with Crippen molar-refractivity contribution in [3.8, 4) is 0 Å². The molecule has 2 fully saturated rings. The van der Waals surface area contributed by atoms with Crippen LogP contribution in [0.25, 0.3) is 0 Å². The van der Waals surface area contributed by atoms with Crippen molar-refractivity contribution in [2.45, 2.75) is 19.3 Å². The number of carbonyl (C=O) groups excluding carboxylic acids is 1. The number of nitrogens with zero attached hydrogens (tertiary/aromatic N) is 1. The maximum Gasteiger partial charge on any atom is 0.223 e. The third-order valence-corrected chi connectivity index (χ3v) is 4.77. The number of rotatable bonds is 4. The van der Waals surface area contributed by atoms with Crippen molar-refractivity contribution < 1.29 is 13.2 Å². The van der Waals surface area contributed by atoms with Crippen molar-refractivity contribution in [1.29, 1.82) is 0 Å². The first-order valence-electron chi connectivity index (χ1n) is 5.35. The fourth-order valence-electron chi connectivity index (χ4n) is 1.74. The molecule has 0 unspecified atom stereocenters. The molecule has 1 N–H and O–H groups in total. The molecule has 86 valence electrons. The molecule has 0 aromatic carbocycles. The van der Waals surface area contributed by atoms with Gasteiger partial charge in [-0.1, -0.05) is 0 Å². The summed E-state index contributed by atoms with van der Waals surface area (Å²) >= 11 is 0. The average molecular weight is 232 g/mol. The Morgan fingerprint density at radius 2 is 2.13 bits per heavy atom. The van der Waals surface area contributed by atoms with E-state index in [1.165, 1.54) is 4.31 Å². The van der Waals surface area contributed by atoms with Gasteiger partial charge in [-0.15, -0.1) is 0 Å². The van der Waals surface area contributed by atoms with Gasteiger partial charge < -0.3 is 5.32 Å². The molecule has 1 amide bonds. The van der Waals surface area contributed by atoms with Gasteiger partial charge in [0.25, 0.3) is 0 Å². The van der Waals surface area contributed by atoms with E-state index in [2.05, 4.69) is 5.32 Å². The Morgan fingerprint density at radius 3 is 2.67 bits per heavy atom. The molecule has 1 saturated heterocycles. The second kappa shape index (κ2) is 4.09. The van der Waals surface area contributed by atoms with E-state index in [1.807, 2.05) is 0 Å². The van der Waals surface area contributed by atoms with Crippen molar-refractivity contribution in [2.24, 2.45) is 5.92 Å². The van der Waals surface area contributed by atoms with Crippen LogP contribution in [0.4, 0.5) is 0 Å². The molecule has 1 heterocycles. The van der Waals surface area contributed by atoms with E-state index in [1.54, 1.807) is 0 Å². The predicted octanol–water partition coefficient (Wildman–Crippen LogP) is -0.452. The summed E-state index contributed by atoms with van der Waals surface area (Å²) in [6.45, 7) is 1.46. The minimum Gasteiger partial charge on any atom is -0.355 e. The highest BCUT2D eigenvalue weighted by Crippen LogP contribution is 2.28. The van der Waals surface area contributed by atoms with Crippen LogP contribution >= 0.6 is 0 Å². The van der Waals surface area contributed by atoms with Gasteiger partial charge in [-0.25, -0.2) is 12.7 Å². The van der Waals surface area contributed by atoms with Crippen LogP contribution in [0.3, 0.4) is 0 Å². The molecule has 1 aliphatic carbocycles. The molecule has 0 atom stereocenters. The van der Waals surface area contributed by atoms with Crippen LogP contribution in [-0.4, -0.2) is 44.0 Å². The molecule has 6 heteroatoms. The molecule has 1 saturated carbocycles. The molecule has 0 aromatic rings. The lowest BCUT2D eigenvalue weighted by molar-refractivity contribution is -0.122. The van der Waals surface area contributed by atoms with Gasteiger partial charge in [-0.2, -0.15) is 0 Å². The summed E-state index contributed by atoms with van der Waals surface area (Å²) < 4.78 is 24.3. The first-order chi connectivity index (χ1) is 7.09. The lowest BCUT2D eigenvalue weighted by Gasteiger charge is -2.14. The van der Waals surface area contributed by atoms with Gasteiger partial charge in [-0.05, 0) is 19.3 Å². The van der Waals surface area contributed by atoms with Gasteiger partial charge in [0.1, 0.15) is 0 Å². The Kier molecular flexibility index (Phi) is 2.97. The number of carbonyl (C=O) groups is 1. The number of hydrogen-bond donors (Lipinski definition) is 1. The third kappa shape index (κ3) is 2.69.